The first-order valence-electron chi connectivity index (χ1n) is 5.57. The first-order chi connectivity index (χ1) is 8.05. The molecule has 2 heteroatoms. The molecule has 0 aliphatic rings. The Kier molecular flexibility index (Phi) is 3.23. The van der Waals surface area contributed by atoms with Crippen LogP contribution in [0.15, 0.2) is 54.6 Å². The second-order valence-corrected chi connectivity index (χ2v) is 4.25. The van der Waals surface area contributed by atoms with E-state index in [1.165, 1.54) is 17.7 Å². The van der Waals surface area contributed by atoms with Gasteiger partial charge in [-0.25, -0.2) is 8.78 Å². The SMILES string of the molecule is CC(F)(F)c1ccc(Cc2ccccc2)cc1. The Labute approximate surface area is 99.9 Å². The second-order valence-electron chi connectivity index (χ2n) is 4.25. The van der Waals surface area contributed by atoms with Gasteiger partial charge in [-0.05, 0) is 17.5 Å². The molecule has 0 aliphatic carbocycles. The summed E-state index contributed by atoms with van der Waals surface area (Å²) < 4.78 is 26.0. The van der Waals surface area contributed by atoms with E-state index >= 15 is 0 Å². The molecule has 2 aromatic rings. The average molecular weight is 232 g/mol. The van der Waals surface area contributed by atoms with Crippen LogP contribution >= 0.6 is 0 Å². The van der Waals surface area contributed by atoms with Crippen molar-refractivity contribution >= 4 is 0 Å². The highest BCUT2D eigenvalue weighted by atomic mass is 19.3. The standard InChI is InChI=1S/C15H14F2/c1-15(16,17)14-9-7-13(8-10-14)11-12-5-3-2-4-6-12/h2-10H,11H2,1H3. The topological polar surface area (TPSA) is 0 Å². The molecule has 0 nitrogen and oxygen atoms in total. The predicted molar refractivity (Wildman–Crippen MR) is 65.3 cm³/mol. The van der Waals surface area contributed by atoms with Gasteiger partial charge in [-0.15, -0.1) is 0 Å². The molecule has 0 bridgehead atoms. The summed E-state index contributed by atoms with van der Waals surface area (Å²) in [4.78, 5) is 0. The highest BCUT2D eigenvalue weighted by Gasteiger charge is 2.23. The van der Waals surface area contributed by atoms with E-state index in [-0.39, 0.29) is 5.56 Å². The molecule has 2 aromatic carbocycles. The zero-order valence-electron chi connectivity index (χ0n) is 9.66. The molecule has 0 heterocycles. The van der Waals surface area contributed by atoms with E-state index in [0.29, 0.717) is 0 Å². The lowest BCUT2D eigenvalue weighted by Gasteiger charge is -2.11. The molecule has 17 heavy (non-hydrogen) atoms. The van der Waals surface area contributed by atoms with Crippen LogP contribution in [-0.2, 0) is 12.3 Å². The van der Waals surface area contributed by atoms with Gasteiger partial charge >= 0.3 is 0 Å². The third-order valence-electron chi connectivity index (χ3n) is 2.71. The van der Waals surface area contributed by atoms with Crippen molar-refractivity contribution in [3.05, 3.63) is 71.3 Å². The Balaban J connectivity index is 2.14. The highest BCUT2D eigenvalue weighted by molar-refractivity contribution is 5.30. The van der Waals surface area contributed by atoms with Crippen LogP contribution in [-0.4, -0.2) is 0 Å². The minimum atomic E-state index is -2.76. The zero-order chi connectivity index (χ0) is 12.3. The number of hydrogen-bond acceptors (Lipinski definition) is 0. The summed E-state index contributed by atoms with van der Waals surface area (Å²) in [5.41, 5.74) is 2.29. The fraction of sp³-hybridized carbons (Fsp3) is 0.200. The molecule has 0 aromatic heterocycles. The van der Waals surface area contributed by atoms with E-state index in [9.17, 15) is 8.78 Å². The first-order valence-corrected chi connectivity index (χ1v) is 5.57. The molecule has 0 saturated heterocycles. The Morgan fingerprint density at radius 1 is 0.824 bits per heavy atom. The van der Waals surface area contributed by atoms with Gasteiger partial charge in [-0.3, -0.25) is 0 Å². The summed E-state index contributed by atoms with van der Waals surface area (Å²) in [6.07, 6.45) is 0.774. The van der Waals surface area contributed by atoms with Crippen LogP contribution in [0.2, 0.25) is 0 Å². The van der Waals surface area contributed by atoms with E-state index in [0.717, 1.165) is 18.9 Å². The zero-order valence-corrected chi connectivity index (χ0v) is 9.66. The number of alkyl halides is 2. The van der Waals surface area contributed by atoms with Gasteiger partial charge in [0.15, 0.2) is 0 Å². The van der Waals surface area contributed by atoms with Gasteiger partial charge < -0.3 is 0 Å². The molecule has 88 valence electrons. The Bertz CT molecular complexity index is 467. The van der Waals surface area contributed by atoms with Gasteiger partial charge in [0.05, 0.1) is 0 Å². The van der Waals surface area contributed by atoms with Crippen molar-refractivity contribution in [1.29, 1.82) is 0 Å². The second kappa shape index (κ2) is 4.66. The number of halogens is 2. The largest absolute Gasteiger partial charge is 0.270 e. The molecule has 0 radical (unpaired) electrons. The normalized spacial score (nSPS) is 11.5. The van der Waals surface area contributed by atoms with Crippen LogP contribution in [0.5, 0.6) is 0 Å². The number of rotatable bonds is 3. The Morgan fingerprint density at radius 2 is 1.35 bits per heavy atom. The summed E-state index contributed by atoms with van der Waals surface area (Å²) in [6, 6.07) is 16.5. The maximum absolute atomic E-state index is 13.0. The maximum atomic E-state index is 13.0. The van der Waals surface area contributed by atoms with Gasteiger partial charge in [0, 0.05) is 12.5 Å². The van der Waals surface area contributed by atoms with Crippen molar-refractivity contribution in [1.82, 2.24) is 0 Å². The molecule has 0 N–H and O–H groups in total. The molecular weight excluding hydrogens is 218 g/mol. The molecule has 0 fully saturated rings. The lowest BCUT2D eigenvalue weighted by Crippen LogP contribution is -2.06. The molecule has 0 unspecified atom stereocenters. The van der Waals surface area contributed by atoms with E-state index in [2.05, 4.69) is 0 Å². The summed E-state index contributed by atoms with van der Waals surface area (Å²) >= 11 is 0. The molecule has 0 spiro atoms. The van der Waals surface area contributed by atoms with Crippen molar-refractivity contribution in [3.63, 3.8) is 0 Å². The minimum Gasteiger partial charge on any atom is -0.202 e. The van der Waals surface area contributed by atoms with Crippen molar-refractivity contribution in [2.45, 2.75) is 19.3 Å². The molecule has 0 saturated carbocycles. The monoisotopic (exact) mass is 232 g/mol. The van der Waals surface area contributed by atoms with Gasteiger partial charge in [0.25, 0.3) is 5.92 Å². The molecule has 0 atom stereocenters. The van der Waals surface area contributed by atoms with Crippen LogP contribution in [0.4, 0.5) is 8.78 Å². The van der Waals surface area contributed by atoms with Crippen molar-refractivity contribution in [3.8, 4) is 0 Å². The van der Waals surface area contributed by atoms with Crippen LogP contribution in [0.3, 0.4) is 0 Å². The minimum absolute atomic E-state index is 0.0642. The quantitative estimate of drug-likeness (QED) is 0.736. The van der Waals surface area contributed by atoms with Gasteiger partial charge in [-0.1, -0.05) is 54.6 Å². The van der Waals surface area contributed by atoms with Crippen LogP contribution in [0.25, 0.3) is 0 Å². The fourth-order valence-electron chi connectivity index (χ4n) is 1.75. The predicted octanol–water partition coefficient (Wildman–Crippen LogP) is 4.39. The highest BCUT2D eigenvalue weighted by Crippen LogP contribution is 2.27. The summed E-state index contributed by atoms with van der Waals surface area (Å²) in [7, 11) is 0. The van der Waals surface area contributed by atoms with Crippen LogP contribution < -0.4 is 0 Å². The Morgan fingerprint density at radius 3 is 1.88 bits per heavy atom. The van der Waals surface area contributed by atoms with Crippen molar-refractivity contribution < 1.29 is 8.78 Å². The molecule has 0 aliphatic heterocycles. The molecular formula is C15H14F2. The van der Waals surface area contributed by atoms with Crippen molar-refractivity contribution in [2.75, 3.05) is 0 Å². The average Bonchev–Trinajstić information content (AvgIpc) is 2.30. The fourth-order valence-corrected chi connectivity index (χ4v) is 1.75. The number of hydrogen-bond donors (Lipinski definition) is 0. The third kappa shape index (κ3) is 3.13. The summed E-state index contributed by atoms with van der Waals surface area (Å²) in [5.74, 6) is -2.76. The smallest absolute Gasteiger partial charge is 0.202 e. The maximum Gasteiger partial charge on any atom is 0.270 e. The van der Waals surface area contributed by atoms with Crippen LogP contribution in [0.1, 0.15) is 23.6 Å². The third-order valence-corrected chi connectivity index (χ3v) is 2.71. The number of benzene rings is 2. The van der Waals surface area contributed by atoms with Gasteiger partial charge in [0.1, 0.15) is 0 Å². The Hall–Kier alpha value is -1.70. The van der Waals surface area contributed by atoms with E-state index in [1.54, 1.807) is 12.1 Å². The van der Waals surface area contributed by atoms with E-state index < -0.39 is 5.92 Å². The molecule has 0 amide bonds. The summed E-state index contributed by atoms with van der Waals surface area (Å²) in [5, 5.41) is 0. The van der Waals surface area contributed by atoms with E-state index in [1.807, 2.05) is 30.3 Å². The van der Waals surface area contributed by atoms with E-state index in [4.69, 9.17) is 0 Å². The van der Waals surface area contributed by atoms with Gasteiger partial charge in [-0.2, -0.15) is 0 Å². The van der Waals surface area contributed by atoms with Crippen LogP contribution in [0, 0.1) is 0 Å². The van der Waals surface area contributed by atoms with Crippen molar-refractivity contribution in [2.24, 2.45) is 0 Å². The first kappa shape index (κ1) is 11.8. The lowest BCUT2D eigenvalue weighted by molar-refractivity contribution is 0.0174. The summed E-state index contributed by atoms with van der Waals surface area (Å²) in [6.45, 7) is 0.916. The molecule has 2 rings (SSSR count). The lowest BCUT2D eigenvalue weighted by atomic mass is 10.0. The van der Waals surface area contributed by atoms with Gasteiger partial charge in [0.2, 0.25) is 0 Å².